The Morgan fingerprint density at radius 2 is 2.15 bits per heavy atom. The number of hydrogen-bond acceptors (Lipinski definition) is 5. The van der Waals surface area contributed by atoms with Crippen molar-refractivity contribution in [2.45, 2.75) is 52.2 Å². The number of benzene rings is 1. The molecule has 1 aromatic carbocycles. The van der Waals surface area contributed by atoms with Gasteiger partial charge in [-0.1, -0.05) is 13.0 Å². The van der Waals surface area contributed by atoms with Crippen molar-refractivity contribution in [3.05, 3.63) is 58.3 Å². The fourth-order valence-electron chi connectivity index (χ4n) is 4.68. The molecule has 33 heavy (non-hydrogen) atoms. The third-order valence-corrected chi connectivity index (χ3v) is 6.72. The summed E-state index contributed by atoms with van der Waals surface area (Å²) < 4.78 is 8.99. The molecule has 3 aromatic rings. The van der Waals surface area contributed by atoms with E-state index in [0.717, 1.165) is 35.4 Å². The lowest BCUT2D eigenvalue weighted by molar-refractivity contribution is -0.127. The number of carbonyl (C=O) groups is 1. The molecule has 2 aliphatic heterocycles. The largest absolute Gasteiger partial charge is 0.382 e. The maximum atomic E-state index is 12.9. The summed E-state index contributed by atoms with van der Waals surface area (Å²) in [6, 6.07) is 9.74. The second-order valence-electron chi connectivity index (χ2n) is 9.72. The molecule has 2 N–H and O–H groups in total. The van der Waals surface area contributed by atoms with E-state index in [1.54, 1.807) is 22.9 Å². The van der Waals surface area contributed by atoms with Gasteiger partial charge in [-0.05, 0) is 38.0 Å². The van der Waals surface area contributed by atoms with E-state index in [2.05, 4.69) is 36.6 Å². The highest BCUT2D eigenvalue weighted by atomic mass is 16.5. The Balaban J connectivity index is 1.44. The smallest absolute Gasteiger partial charge is 0.250 e. The molecule has 4 heterocycles. The fraction of sp³-hybridized carbons (Fsp3) is 0.480. The summed E-state index contributed by atoms with van der Waals surface area (Å²) in [4.78, 5) is 30.0. The van der Waals surface area contributed by atoms with Crippen molar-refractivity contribution < 1.29 is 9.53 Å². The van der Waals surface area contributed by atoms with E-state index >= 15 is 0 Å². The van der Waals surface area contributed by atoms with Crippen molar-refractivity contribution in [2.75, 3.05) is 25.1 Å². The first-order valence-corrected chi connectivity index (χ1v) is 11.7. The normalized spacial score (nSPS) is 18.9. The molecule has 2 aromatic heterocycles. The Kier molecular flexibility index (Phi) is 5.70. The number of imidazole rings is 1. The summed E-state index contributed by atoms with van der Waals surface area (Å²) in [5.41, 5.74) is 4.24. The standard InChI is InChI=1S/C25H31N5O3/c1-17-6-7-18-19(27-17)8-9-20-24(18)28-21(10-12-29-11-4-3-5-23(29)32)30(20)13-22(31)26-14-25(2)15-33-16-25/h3-5,8-9,11,17,27H,6-7,10,12-16H2,1-2H3,(H,26,31)/t17-/m0/s1. The number of nitrogens with one attached hydrogen (secondary N) is 2. The molecule has 0 saturated carbocycles. The van der Waals surface area contributed by atoms with Crippen LogP contribution in [-0.4, -0.2) is 45.8 Å². The molecule has 174 valence electrons. The van der Waals surface area contributed by atoms with Gasteiger partial charge in [0.2, 0.25) is 5.91 Å². The van der Waals surface area contributed by atoms with E-state index in [4.69, 9.17) is 9.72 Å². The van der Waals surface area contributed by atoms with Gasteiger partial charge in [-0.2, -0.15) is 0 Å². The summed E-state index contributed by atoms with van der Waals surface area (Å²) in [5, 5.41) is 6.62. The fourth-order valence-corrected chi connectivity index (χ4v) is 4.68. The van der Waals surface area contributed by atoms with Crippen LogP contribution in [0.5, 0.6) is 0 Å². The second kappa shape index (κ2) is 8.67. The number of hydrogen-bond donors (Lipinski definition) is 2. The predicted molar refractivity (Wildman–Crippen MR) is 127 cm³/mol. The van der Waals surface area contributed by atoms with E-state index in [0.29, 0.717) is 38.8 Å². The second-order valence-corrected chi connectivity index (χ2v) is 9.72. The van der Waals surface area contributed by atoms with Crippen LogP contribution in [0.25, 0.3) is 11.0 Å². The first kappa shape index (κ1) is 21.7. The van der Waals surface area contributed by atoms with Crippen LogP contribution in [0, 0.1) is 5.41 Å². The Bertz CT molecular complexity index is 1240. The number of anilines is 1. The van der Waals surface area contributed by atoms with Crippen LogP contribution >= 0.6 is 0 Å². The van der Waals surface area contributed by atoms with Crippen LogP contribution in [0.4, 0.5) is 5.69 Å². The Hall–Kier alpha value is -3.13. The first-order chi connectivity index (χ1) is 15.9. The van der Waals surface area contributed by atoms with Crippen LogP contribution in [0.15, 0.2) is 41.3 Å². The summed E-state index contributed by atoms with van der Waals surface area (Å²) in [5.74, 6) is 0.783. The predicted octanol–water partition coefficient (Wildman–Crippen LogP) is 2.34. The minimum atomic E-state index is -0.0376. The molecule has 0 radical (unpaired) electrons. The zero-order valence-corrected chi connectivity index (χ0v) is 19.3. The van der Waals surface area contributed by atoms with Crippen LogP contribution in [0.2, 0.25) is 0 Å². The van der Waals surface area contributed by atoms with E-state index in [-0.39, 0.29) is 23.4 Å². The van der Waals surface area contributed by atoms with Gasteiger partial charge in [-0.3, -0.25) is 9.59 Å². The molecular formula is C25H31N5O3. The third-order valence-electron chi connectivity index (χ3n) is 6.72. The molecule has 1 amide bonds. The number of carbonyl (C=O) groups excluding carboxylic acids is 1. The quantitative estimate of drug-likeness (QED) is 0.578. The van der Waals surface area contributed by atoms with E-state index < -0.39 is 0 Å². The molecule has 0 aliphatic carbocycles. The Labute approximate surface area is 193 Å². The lowest BCUT2D eigenvalue weighted by atomic mass is 9.89. The SMILES string of the molecule is C[C@H]1CCc2c(ccc3c2nc(CCn2ccccc2=O)n3CC(=O)NCC2(C)COC2)N1. The van der Waals surface area contributed by atoms with Gasteiger partial charge in [-0.15, -0.1) is 0 Å². The number of ether oxygens (including phenoxy) is 1. The number of pyridine rings is 1. The minimum Gasteiger partial charge on any atom is -0.382 e. The van der Waals surface area contributed by atoms with Crippen molar-refractivity contribution >= 4 is 22.6 Å². The van der Waals surface area contributed by atoms with Crippen LogP contribution in [-0.2, 0) is 35.5 Å². The van der Waals surface area contributed by atoms with E-state index in [9.17, 15) is 9.59 Å². The van der Waals surface area contributed by atoms with E-state index in [1.807, 2.05) is 10.6 Å². The topological polar surface area (TPSA) is 90.2 Å². The van der Waals surface area contributed by atoms with Crippen LogP contribution in [0.1, 0.15) is 31.7 Å². The maximum absolute atomic E-state index is 12.9. The van der Waals surface area contributed by atoms with Crippen LogP contribution < -0.4 is 16.2 Å². The summed E-state index contributed by atoms with van der Waals surface area (Å²) in [6.07, 6.45) is 4.36. The molecule has 1 atom stereocenters. The van der Waals surface area contributed by atoms with Gasteiger partial charge in [-0.25, -0.2) is 4.98 Å². The van der Waals surface area contributed by atoms with Gasteiger partial charge in [0.1, 0.15) is 12.4 Å². The summed E-state index contributed by atoms with van der Waals surface area (Å²) in [6.45, 7) is 6.97. The highest BCUT2D eigenvalue weighted by Crippen LogP contribution is 2.32. The summed E-state index contributed by atoms with van der Waals surface area (Å²) in [7, 11) is 0. The Morgan fingerprint density at radius 3 is 2.91 bits per heavy atom. The monoisotopic (exact) mass is 449 g/mol. The molecule has 5 rings (SSSR count). The third kappa shape index (κ3) is 4.39. The van der Waals surface area contributed by atoms with Crippen molar-refractivity contribution in [1.29, 1.82) is 0 Å². The van der Waals surface area contributed by atoms with Crippen molar-refractivity contribution in [2.24, 2.45) is 5.41 Å². The van der Waals surface area contributed by atoms with Crippen molar-refractivity contribution in [3.8, 4) is 0 Å². The molecule has 0 spiro atoms. The lowest BCUT2D eigenvalue weighted by Crippen LogP contribution is -2.49. The van der Waals surface area contributed by atoms with Gasteiger partial charge in [0.05, 0.1) is 24.2 Å². The highest BCUT2D eigenvalue weighted by molar-refractivity contribution is 5.87. The van der Waals surface area contributed by atoms with Crippen molar-refractivity contribution in [3.63, 3.8) is 0 Å². The number of fused-ring (bicyclic) bond motifs is 3. The zero-order valence-electron chi connectivity index (χ0n) is 19.3. The molecule has 0 bridgehead atoms. The number of nitrogens with zero attached hydrogens (tertiary/aromatic N) is 3. The molecule has 0 unspecified atom stereocenters. The van der Waals surface area contributed by atoms with Gasteiger partial charge < -0.3 is 24.5 Å². The molecule has 8 nitrogen and oxygen atoms in total. The molecule has 1 fully saturated rings. The summed E-state index contributed by atoms with van der Waals surface area (Å²) >= 11 is 0. The maximum Gasteiger partial charge on any atom is 0.250 e. The first-order valence-electron chi connectivity index (χ1n) is 11.7. The number of aryl methyl sites for hydroxylation is 3. The number of amides is 1. The highest BCUT2D eigenvalue weighted by Gasteiger charge is 2.33. The zero-order chi connectivity index (χ0) is 23.0. The Morgan fingerprint density at radius 1 is 1.30 bits per heavy atom. The molecule has 8 heteroatoms. The molecule has 2 aliphatic rings. The van der Waals surface area contributed by atoms with Gasteiger partial charge >= 0.3 is 0 Å². The van der Waals surface area contributed by atoms with Crippen LogP contribution in [0.3, 0.4) is 0 Å². The average molecular weight is 450 g/mol. The van der Waals surface area contributed by atoms with Crippen molar-refractivity contribution in [1.82, 2.24) is 19.4 Å². The number of rotatable bonds is 7. The molecule has 1 saturated heterocycles. The van der Waals surface area contributed by atoms with Gasteiger partial charge in [0.15, 0.2) is 0 Å². The number of aromatic nitrogens is 3. The van der Waals surface area contributed by atoms with Gasteiger partial charge in [0, 0.05) is 54.5 Å². The molecular weight excluding hydrogens is 418 g/mol. The van der Waals surface area contributed by atoms with E-state index in [1.165, 1.54) is 5.56 Å². The van der Waals surface area contributed by atoms with Gasteiger partial charge in [0.25, 0.3) is 5.56 Å². The average Bonchev–Trinajstić information content (AvgIpc) is 3.13. The lowest BCUT2D eigenvalue weighted by Gasteiger charge is -2.38. The minimum absolute atomic E-state index is 0.0193.